The smallest absolute Gasteiger partial charge is 0.252 e. The molecule has 1 unspecified atom stereocenters. The van der Waals surface area contributed by atoms with Gasteiger partial charge in [0.2, 0.25) is 0 Å². The number of amides is 1. The van der Waals surface area contributed by atoms with Crippen molar-refractivity contribution < 1.29 is 9.53 Å². The van der Waals surface area contributed by atoms with Crippen molar-refractivity contribution in [1.82, 2.24) is 5.32 Å². The fourth-order valence-corrected chi connectivity index (χ4v) is 2.46. The number of nitrogens with two attached hydrogens (primary N) is 1. The number of nitrogens with one attached hydrogen (secondary N) is 1. The number of carbonyl (C=O) groups is 1. The van der Waals surface area contributed by atoms with Gasteiger partial charge in [-0.05, 0) is 44.0 Å². The molecule has 0 spiro atoms. The van der Waals surface area contributed by atoms with E-state index in [9.17, 15) is 4.79 Å². The van der Waals surface area contributed by atoms with Crippen molar-refractivity contribution in [3.63, 3.8) is 0 Å². The first-order chi connectivity index (χ1) is 9.16. The van der Waals surface area contributed by atoms with Gasteiger partial charge >= 0.3 is 0 Å². The highest BCUT2D eigenvalue weighted by atomic mass is 35.5. The Morgan fingerprint density at radius 2 is 2.32 bits per heavy atom. The molecule has 1 aromatic rings. The van der Waals surface area contributed by atoms with Crippen LogP contribution in [0.2, 0.25) is 5.02 Å². The standard InChI is InChI=1S/C14H19ClN2O2/c15-10-4-5-12(14(16)18)13(9-10)19-8-6-11-3-1-2-7-17-11/h4-5,9,11,17H,1-3,6-8H2,(H2,16,18). The fraction of sp³-hybridized carbons (Fsp3) is 0.500. The van der Waals surface area contributed by atoms with E-state index in [1.54, 1.807) is 18.2 Å². The molecule has 0 radical (unpaired) electrons. The van der Waals surface area contributed by atoms with Crippen LogP contribution in [0.5, 0.6) is 5.75 Å². The molecule has 1 saturated heterocycles. The fourth-order valence-electron chi connectivity index (χ4n) is 2.30. The van der Waals surface area contributed by atoms with Crippen LogP contribution in [-0.4, -0.2) is 25.1 Å². The maximum absolute atomic E-state index is 11.3. The SMILES string of the molecule is NC(=O)c1ccc(Cl)cc1OCCC1CCCCN1. The molecule has 5 heteroatoms. The van der Waals surface area contributed by atoms with Crippen LogP contribution in [0.25, 0.3) is 0 Å². The van der Waals surface area contributed by atoms with E-state index in [4.69, 9.17) is 22.1 Å². The zero-order valence-corrected chi connectivity index (χ0v) is 11.6. The van der Waals surface area contributed by atoms with E-state index in [0.717, 1.165) is 13.0 Å². The number of hydrogen-bond donors (Lipinski definition) is 2. The monoisotopic (exact) mass is 282 g/mol. The van der Waals surface area contributed by atoms with Gasteiger partial charge in [0, 0.05) is 11.1 Å². The molecule has 4 nitrogen and oxygen atoms in total. The third-order valence-electron chi connectivity index (χ3n) is 3.35. The molecule has 104 valence electrons. The van der Waals surface area contributed by atoms with Crippen molar-refractivity contribution in [3.05, 3.63) is 28.8 Å². The van der Waals surface area contributed by atoms with Gasteiger partial charge in [-0.3, -0.25) is 4.79 Å². The van der Waals surface area contributed by atoms with Gasteiger partial charge in [0.15, 0.2) is 0 Å². The molecule has 1 aliphatic heterocycles. The van der Waals surface area contributed by atoms with E-state index in [-0.39, 0.29) is 0 Å². The Morgan fingerprint density at radius 1 is 1.47 bits per heavy atom. The largest absolute Gasteiger partial charge is 0.493 e. The second-order valence-electron chi connectivity index (χ2n) is 4.79. The van der Waals surface area contributed by atoms with Crippen LogP contribution in [-0.2, 0) is 0 Å². The normalized spacial score (nSPS) is 19.1. The lowest BCUT2D eigenvalue weighted by Gasteiger charge is -2.23. The van der Waals surface area contributed by atoms with Crippen molar-refractivity contribution in [2.45, 2.75) is 31.7 Å². The number of carbonyl (C=O) groups excluding carboxylic acids is 1. The molecule has 0 saturated carbocycles. The summed E-state index contributed by atoms with van der Waals surface area (Å²) < 4.78 is 5.66. The average molecular weight is 283 g/mol. The molecule has 0 aromatic heterocycles. The van der Waals surface area contributed by atoms with Gasteiger partial charge in [-0.15, -0.1) is 0 Å². The summed E-state index contributed by atoms with van der Waals surface area (Å²) in [6, 6.07) is 5.37. The third kappa shape index (κ3) is 4.11. The van der Waals surface area contributed by atoms with Gasteiger partial charge in [0.05, 0.1) is 12.2 Å². The first-order valence-electron chi connectivity index (χ1n) is 6.62. The highest BCUT2D eigenvalue weighted by Gasteiger charge is 2.14. The lowest BCUT2D eigenvalue weighted by atomic mass is 10.0. The van der Waals surface area contributed by atoms with Gasteiger partial charge in [0.1, 0.15) is 5.75 Å². The third-order valence-corrected chi connectivity index (χ3v) is 3.58. The van der Waals surface area contributed by atoms with Crippen LogP contribution in [0.15, 0.2) is 18.2 Å². The molecular weight excluding hydrogens is 264 g/mol. The molecule has 2 rings (SSSR count). The molecule has 3 N–H and O–H groups in total. The molecule has 1 atom stereocenters. The molecule has 1 aliphatic rings. The molecular formula is C14H19ClN2O2. The Hall–Kier alpha value is -1.26. The summed E-state index contributed by atoms with van der Waals surface area (Å²) in [7, 11) is 0. The second-order valence-corrected chi connectivity index (χ2v) is 5.23. The minimum Gasteiger partial charge on any atom is -0.493 e. The minimum atomic E-state index is -0.498. The summed E-state index contributed by atoms with van der Waals surface area (Å²) >= 11 is 5.90. The highest BCUT2D eigenvalue weighted by molar-refractivity contribution is 6.30. The van der Waals surface area contributed by atoms with E-state index in [2.05, 4.69) is 5.32 Å². The Kier molecular flexibility index (Phi) is 5.05. The van der Waals surface area contributed by atoms with E-state index in [1.165, 1.54) is 19.3 Å². The molecule has 0 aliphatic carbocycles. The van der Waals surface area contributed by atoms with Crippen LogP contribution in [0.4, 0.5) is 0 Å². The van der Waals surface area contributed by atoms with Crippen molar-refractivity contribution in [1.29, 1.82) is 0 Å². The number of benzene rings is 1. The van der Waals surface area contributed by atoms with Gasteiger partial charge in [-0.1, -0.05) is 18.0 Å². The van der Waals surface area contributed by atoms with Crippen molar-refractivity contribution in [2.75, 3.05) is 13.2 Å². The van der Waals surface area contributed by atoms with Gasteiger partial charge in [-0.25, -0.2) is 0 Å². The number of ether oxygens (including phenoxy) is 1. The summed E-state index contributed by atoms with van der Waals surface area (Å²) in [4.78, 5) is 11.3. The molecule has 1 heterocycles. The quantitative estimate of drug-likeness (QED) is 0.871. The predicted octanol–water partition coefficient (Wildman–Crippen LogP) is 2.35. The molecule has 0 bridgehead atoms. The number of halogens is 1. The van der Waals surface area contributed by atoms with Crippen LogP contribution >= 0.6 is 11.6 Å². The molecule has 1 amide bonds. The van der Waals surface area contributed by atoms with E-state index >= 15 is 0 Å². The van der Waals surface area contributed by atoms with Crippen LogP contribution in [0, 0.1) is 0 Å². The van der Waals surface area contributed by atoms with Crippen molar-refractivity contribution in [2.24, 2.45) is 5.73 Å². The molecule has 1 aromatic carbocycles. The molecule has 19 heavy (non-hydrogen) atoms. The first-order valence-corrected chi connectivity index (χ1v) is 7.00. The first kappa shape index (κ1) is 14.2. The summed E-state index contributed by atoms with van der Waals surface area (Å²) in [6.07, 6.45) is 4.62. The Bertz CT molecular complexity index is 445. The zero-order valence-electron chi connectivity index (χ0n) is 10.8. The van der Waals surface area contributed by atoms with Crippen LogP contribution < -0.4 is 15.8 Å². The second kappa shape index (κ2) is 6.78. The van der Waals surface area contributed by atoms with Crippen LogP contribution in [0.3, 0.4) is 0 Å². The highest BCUT2D eigenvalue weighted by Crippen LogP contribution is 2.23. The van der Waals surface area contributed by atoms with E-state index in [0.29, 0.717) is 29.0 Å². The van der Waals surface area contributed by atoms with E-state index < -0.39 is 5.91 Å². The Balaban J connectivity index is 1.91. The maximum atomic E-state index is 11.3. The number of hydrogen-bond acceptors (Lipinski definition) is 3. The van der Waals surface area contributed by atoms with Gasteiger partial charge in [0.25, 0.3) is 5.91 Å². The summed E-state index contributed by atoms with van der Waals surface area (Å²) in [6.45, 7) is 1.63. The summed E-state index contributed by atoms with van der Waals surface area (Å²) in [5.41, 5.74) is 5.68. The van der Waals surface area contributed by atoms with Crippen molar-refractivity contribution in [3.8, 4) is 5.75 Å². The average Bonchev–Trinajstić information content (AvgIpc) is 2.39. The number of rotatable bonds is 5. The number of primary amides is 1. The Labute approximate surface area is 118 Å². The molecule has 1 fully saturated rings. The minimum absolute atomic E-state index is 0.376. The van der Waals surface area contributed by atoms with E-state index in [1.807, 2.05) is 0 Å². The summed E-state index contributed by atoms with van der Waals surface area (Å²) in [5, 5.41) is 3.99. The van der Waals surface area contributed by atoms with Crippen molar-refractivity contribution >= 4 is 17.5 Å². The van der Waals surface area contributed by atoms with Gasteiger partial charge in [-0.2, -0.15) is 0 Å². The topological polar surface area (TPSA) is 64.4 Å². The van der Waals surface area contributed by atoms with Gasteiger partial charge < -0.3 is 15.8 Å². The summed E-state index contributed by atoms with van der Waals surface area (Å²) in [5.74, 6) is -0.0294. The number of piperidine rings is 1. The Morgan fingerprint density at radius 3 is 3.00 bits per heavy atom. The predicted molar refractivity (Wildman–Crippen MR) is 75.7 cm³/mol. The maximum Gasteiger partial charge on any atom is 0.252 e. The van der Waals surface area contributed by atoms with Crippen LogP contribution in [0.1, 0.15) is 36.0 Å². The lowest BCUT2D eigenvalue weighted by Crippen LogP contribution is -2.35. The zero-order chi connectivity index (χ0) is 13.7. The lowest BCUT2D eigenvalue weighted by molar-refractivity contribution is 0.0996.